The maximum absolute atomic E-state index is 13.3. The second-order valence-electron chi connectivity index (χ2n) is 6.20. The van der Waals surface area contributed by atoms with E-state index in [1.54, 1.807) is 77.4 Å². The number of hydrogen-bond acceptors (Lipinski definition) is 2. The van der Waals surface area contributed by atoms with Crippen LogP contribution in [0.15, 0.2) is 72.8 Å². The highest BCUT2D eigenvalue weighted by atomic mass is 35.5. The summed E-state index contributed by atoms with van der Waals surface area (Å²) in [7, 11) is 0. The van der Waals surface area contributed by atoms with Gasteiger partial charge in [0.15, 0.2) is 5.78 Å². The first kappa shape index (κ1) is 18.3. The lowest BCUT2D eigenvalue weighted by Gasteiger charge is -2.09. The van der Waals surface area contributed by atoms with Crippen molar-refractivity contribution in [3.05, 3.63) is 99.7 Å². The van der Waals surface area contributed by atoms with Crippen LogP contribution in [0.1, 0.15) is 26.4 Å². The summed E-state index contributed by atoms with van der Waals surface area (Å²) < 4.78 is 1.55. The van der Waals surface area contributed by atoms with E-state index in [2.05, 4.69) is 0 Å². The Balaban J connectivity index is 2.07. The van der Waals surface area contributed by atoms with Gasteiger partial charge < -0.3 is 9.67 Å². The molecule has 0 bridgehead atoms. The number of carbonyl (C=O) groups is 2. The molecule has 1 aromatic heterocycles. The van der Waals surface area contributed by atoms with Gasteiger partial charge in [-0.15, -0.1) is 0 Å². The molecule has 0 spiro atoms. The Morgan fingerprint density at radius 3 is 2.21 bits per heavy atom. The SMILES string of the molecule is O=C(c1ccc(Cl)cc1)c1c(C(=O)O)n(-c2cccc(Cl)c2)c2ccccc12. The topological polar surface area (TPSA) is 59.3 Å². The molecule has 0 aliphatic rings. The standard InChI is InChI=1S/C22H13Cl2NO3/c23-14-10-8-13(9-11-14)21(26)19-17-6-1-2-7-18(17)25(20(19)22(27)28)16-5-3-4-15(24)12-16/h1-12H,(H,27,28). The lowest BCUT2D eigenvalue weighted by molar-refractivity contribution is 0.0684. The summed E-state index contributed by atoms with van der Waals surface area (Å²) in [6.45, 7) is 0. The predicted octanol–water partition coefficient (Wildman–Crippen LogP) is 5.87. The highest BCUT2D eigenvalue weighted by molar-refractivity contribution is 6.31. The number of fused-ring (bicyclic) bond motifs is 1. The van der Waals surface area contributed by atoms with E-state index < -0.39 is 5.97 Å². The van der Waals surface area contributed by atoms with Crippen LogP contribution >= 0.6 is 23.2 Å². The number of rotatable bonds is 4. The van der Waals surface area contributed by atoms with Crippen molar-refractivity contribution in [3.8, 4) is 5.69 Å². The average Bonchev–Trinajstić information content (AvgIpc) is 3.03. The summed E-state index contributed by atoms with van der Waals surface area (Å²) in [4.78, 5) is 25.5. The molecule has 1 N–H and O–H groups in total. The maximum atomic E-state index is 13.3. The van der Waals surface area contributed by atoms with Gasteiger partial charge in [0, 0.05) is 26.7 Å². The highest BCUT2D eigenvalue weighted by Crippen LogP contribution is 2.32. The number of nitrogens with zero attached hydrogens (tertiary/aromatic N) is 1. The maximum Gasteiger partial charge on any atom is 0.353 e. The molecule has 138 valence electrons. The van der Waals surface area contributed by atoms with E-state index in [0.717, 1.165) is 0 Å². The third-order valence-electron chi connectivity index (χ3n) is 4.48. The number of carbonyl (C=O) groups excluding carboxylic acids is 1. The Labute approximate surface area is 170 Å². The molecule has 0 unspecified atom stereocenters. The van der Waals surface area contributed by atoms with Gasteiger partial charge in [-0.25, -0.2) is 4.79 Å². The summed E-state index contributed by atoms with van der Waals surface area (Å²) in [5, 5.41) is 11.5. The average molecular weight is 410 g/mol. The Bertz CT molecular complexity index is 1230. The summed E-state index contributed by atoms with van der Waals surface area (Å²) in [6.07, 6.45) is 0. The minimum Gasteiger partial charge on any atom is -0.477 e. The number of aromatic nitrogens is 1. The van der Waals surface area contributed by atoms with E-state index in [1.165, 1.54) is 0 Å². The molecule has 4 rings (SSSR count). The lowest BCUT2D eigenvalue weighted by Crippen LogP contribution is -2.13. The Morgan fingerprint density at radius 2 is 1.54 bits per heavy atom. The number of ketones is 1. The van der Waals surface area contributed by atoms with Crippen molar-refractivity contribution in [1.29, 1.82) is 0 Å². The number of para-hydroxylation sites is 1. The van der Waals surface area contributed by atoms with Gasteiger partial charge in [-0.3, -0.25) is 4.79 Å². The number of hydrogen-bond donors (Lipinski definition) is 1. The van der Waals surface area contributed by atoms with Crippen LogP contribution in [0.2, 0.25) is 10.0 Å². The lowest BCUT2D eigenvalue weighted by atomic mass is 10.00. The van der Waals surface area contributed by atoms with E-state index in [4.69, 9.17) is 23.2 Å². The van der Waals surface area contributed by atoms with Crippen molar-refractivity contribution >= 4 is 45.9 Å². The van der Waals surface area contributed by atoms with Gasteiger partial charge in [0.1, 0.15) is 5.69 Å². The smallest absolute Gasteiger partial charge is 0.353 e. The van der Waals surface area contributed by atoms with Crippen molar-refractivity contribution < 1.29 is 14.7 Å². The summed E-state index contributed by atoms with van der Waals surface area (Å²) in [5.74, 6) is -1.58. The molecular weight excluding hydrogens is 397 g/mol. The number of halogens is 2. The predicted molar refractivity (Wildman–Crippen MR) is 110 cm³/mol. The second-order valence-corrected chi connectivity index (χ2v) is 7.07. The fourth-order valence-electron chi connectivity index (χ4n) is 3.30. The molecule has 4 aromatic rings. The molecule has 0 aliphatic carbocycles. The second kappa shape index (κ2) is 7.15. The van der Waals surface area contributed by atoms with E-state index >= 15 is 0 Å². The van der Waals surface area contributed by atoms with Crippen LogP contribution in [-0.4, -0.2) is 21.4 Å². The Hall–Kier alpha value is -3.08. The van der Waals surface area contributed by atoms with Crippen LogP contribution in [0.3, 0.4) is 0 Å². The molecule has 0 amide bonds. The number of carboxylic acids is 1. The van der Waals surface area contributed by atoms with Crippen LogP contribution in [0, 0.1) is 0 Å². The molecule has 6 heteroatoms. The summed E-state index contributed by atoms with van der Waals surface area (Å²) >= 11 is 12.0. The van der Waals surface area contributed by atoms with E-state index in [1.807, 2.05) is 0 Å². The largest absolute Gasteiger partial charge is 0.477 e. The van der Waals surface area contributed by atoms with Crippen LogP contribution in [-0.2, 0) is 0 Å². The molecule has 0 saturated carbocycles. The number of carboxylic acid groups (broad SMARTS) is 1. The van der Waals surface area contributed by atoms with Gasteiger partial charge in [-0.2, -0.15) is 0 Å². The Morgan fingerprint density at radius 1 is 0.821 bits per heavy atom. The van der Waals surface area contributed by atoms with Gasteiger partial charge in [0.05, 0.1) is 11.1 Å². The van der Waals surface area contributed by atoms with Crippen molar-refractivity contribution in [2.45, 2.75) is 0 Å². The Kier molecular flexibility index (Phi) is 4.67. The molecular formula is C22H13Cl2NO3. The summed E-state index contributed by atoms with van der Waals surface area (Å²) in [5.41, 5.74) is 1.56. The molecule has 3 aromatic carbocycles. The summed E-state index contributed by atoms with van der Waals surface area (Å²) in [6, 6.07) is 20.3. The fourth-order valence-corrected chi connectivity index (χ4v) is 3.61. The third-order valence-corrected chi connectivity index (χ3v) is 4.96. The van der Waals surface area contributed by atoms with E-state index in [9.17, 15) is 14.7 Å². The van der Waals surface area contributed by atoms with Crippen molar-refractivity contribution in [2.24, 2.45) is 0 Å². The minimum absolute atomic E-state index is 0.108. The van der Waals surface area contributed by atoms with Crippen molar-refractivity contribution in [2.75, 3.05) is 0 Å². The van der Waals surface area contributed by atoms with Gasteiger partial charge >= 0.3 is 5.97 Å². The first-order chi connectivity index (χ1) is 13.5. The fraction of sp³-hybridized carbons (Fsp3) is 0. The van der Waals surface area contributed by atoms with Crippen LogP contribution in [0.4, 0.5) is 0 Å². The zero-order valence-corrected chi connectivity index (χ0v) is 15.9. The number of benzene rings is 3. The molecule has 28 heavy (non-hydrogen) atoms. The zero-order valence-electron chi connectivity index (χ0n) is 14.4. The third kappa shape index (κ3) is 3.07. The quantitative estimate of drug-likeness (QED) is 0.429. The van der Waals surface area contributed by atoms with Crippen LogP contribution < -0.4 is 0 Å². The van der Waals surface area contributed by atoms with Gasteiger partial charge in [-0.05, 0) is 48.5 Å². The van der Waals surface area contributed by atoms with Crippen LogP contribution in [0.5, 0.6) is 0 Å². The highest BCUT2D eigenvalue weighted by Gasteiger charge is 2.28. The van der Waals surface area contributed by atoms with Crippen LogP contribution in [0.25, 0.3) is 16.6 Å². The first-order valence-electron chi connectivity index (χ1n) is 8.40. The molecule has 0 fully saturated rings. The molecule has 0 aliphatic heterocycles. The zero-order chi connectivity index (χ0) is 19.8. The monoisotopic (exact) mass is 409 g/mol. The molecule has 0 radical (unpaired) electrons. The van der Waals surface area contributed by atoms with E-state index in [0.29, 0.717) is 32.2 Å². The first-order valence-corrected chi connectivity index (χ1v) is 9.16. The van der Waals surface area contributed by atoms with Gasteiger partial charge in [0.25, 0.3) is 0 Å². The normalized spacial score (nSPS) is 10.9. The molecule has 0 saturated heterocycles. The van der Waals surface area contributed by atoms with E-state index in [-0.39, 0.29) is 17.0 Å². The molecule has 1 heterocycles. The molecule has 4 nitrogen and oxygen atoms in total. The molecule has 0 atom stereocenters. The van der Waals surface area contributed by atoms with Gasteiger partial charge in [0.2, 0.25) is 0 Å². The van der Waals surface area contributed by atoms with Crippen molar-refractivity contribution in [1.82, 2.24) is 4.57 Å². The minimum atomic E-state index is -1.20. The van der Waals surface area contributed by atoms with Crippen molar-refractivity contribution in [3.63, 3.8) is 0 Å². The number of aromatic carboxylic acids is 1. The van der Waals surface area contributed by atoms with Gasteiger partial charge in [-0.1, -0.05) is 47.5 Å².